The Bertz CT molecular complexity index is 1340. The van der Waals surface area contributed by atoms with Crippen LogP contribution in [-0.4, -0.2) is 135 Å². The van der Waals surface area contributed by atoms with Crippen molar-refractivity contribution < 1.29 is 59.1 Å². The van der Waals surface area contributed by atoms with Crippen LogP contribution in [0.25, 0.3) is 0 Å². The van der Waals surface area contributed by atoms with Gasteiger partial charge >= 0.3 is 5.97 Å². The third kappa shape index (κ3) is 15.3. The summed E-state index contributed by atoms with van der Waals surface area (Å²) in [5, 5.41) is 62.2. The Hall–Kier alpha value is -4.89. The van der Waals surface area contributed by atoms with Gasteiger partial charge in [-0.3, -0.25) is 28.8 Å². The highest BCUT2D eigenvalue weighted by molar-refractivity contribution is 5.97. The molecule has 0 bridgehead atoms. The van der Waals surface area contributed by atoms with E-state index in [-0.39, 0.29) is 18.6 Å². The molecule has 0 saturated carbocycles. The number of hydrogen-bond donors (Lipinski definition) is 13. The number of carboxylic acid groups (broad SMARTS) is 1. The molecule has 0 aliphatic carbocycles. The summed E-state index contributed by atoms with van der Waals surface area (Å²) in [5.74, 6) is -7.18. The third-order valence-corrected chi connectivity index (χ3v) is 7.43. The van der Waals surface area contributed by atoms with Crippen molar-refractivity contribution in [3.63, 3.8) is 0 Å². The van der Waals surface area contributed by atoms with Gasteiger partial charge in [0.05, 0.1) is 25.4 Å². The number of amides is 6. The molecule has 0 unspecified atom stereocenters. The molecule has 0 heterocycles. The van der Waals surface area contributed by atoms with Gasteiger partial charge in [0, 0.05) is 6.42 Å². The van der Waals surface area contributed by atoms with Gasteiger partial charge in [0.25, 0.3) is 0 Å². The van der Waals surface area contributed by atoms with E-state index in [0.29, 0.717) is 24.9 Å². The van der Waals surface area contributed by atoms with Gasteiger partial charge < -0.3 is 68.9 Å². The number of carbonyl (C=O) groups excluding carboxylic acids is 6. The van der Waals surface area contributed by atoms with Gasteiger partial charge in [-0.1, -0.05) is 12.1 Å². The number of hydrogen-bond acceptors (Lipinski definition) is 13. The molecule has 8 atom stereocenters. The highest BCUT2D eigenvalue weighted by Crippen LogP contribution is 2.12. The van der Waals surface area contributed by atoms with E-state index in [4.69, 9.17) is 11.5 Å². The average Bonchev–Trinajstić information content (AvgIpc) is 3.07. The molecule has 15 N–H and O–H groups in total. The fraction of sp³-hybridized carbons (Fsp3) is 0.581. The monoisotopic (exact) mass is 726 g/mol. The molecule has 6 amide bonds. The summed E-state index contributed by atoms with van der Waals surface area (Å²) in [6.45, 7) is 2.10. The summed E-state index contributed by atoms with van der Waals surface area (Å²) in [5.41, 5.74) is 11.6. The van der Waals surface area contributed by atoms with E-state index in [0.717, 1.165) is 6.92 Å². The number of unbranched alkanes of at least 4 members (excludes halogenated alkanes) is 1. The fourth-order valence-corrected chi connectivity index (χ4v) is 4.39. The maximum atomic E-state index is 13.1. The SMILES string of the molecule is C[C@H](N)C(=O)N[C@@H](Cc1ccc(O)cc1)C(=O)N[C@@H](C)C(=O)N[C@@H](CO)C(=O)N[C@H](C(=O)N[C@@H](CO)C(=O)N[C@@H](CCCCN)C(=O)O)[C@@H](C)O. The Labute approximate surface area is 294 Å². The van der Waals surface area contributed by atoms with Crippen LogP contribution in [0.15, 0.2) is 24.3 Å². The summed E-state index contributed by atoms with van der Waals surface area (Å²) in [6.07, 6.45) is -0.754. The quantitative estimate of drug-likeness (QED) is 0.0497. The van der Waals surface area contributed by atoms with Crippen LogP contribution >= 0.6 is 0 Å². The number of benzene rings is 1. The van der Waals surface area contributed by atoms with Crippen LogP contribution in [0.4, 0.5) is 0 Å². The Balaban J connectivity index is 2.94. The second-order valence-corrected chi connectivity index (χ2v) is 11.8. The minimum Gasteiger partial charge on any atom is -0.508 e. The molecule has 0 aliphatic rings. The molecule has 0 spiro atoms. The van der Waals surface area contributed by atoms with Crippen LogP contribution < -0.4 is 43.4 Å². The zero-order valence-corrected chi connectivity index (χ0v) is 28.6. The van der Waals surface area contributed by atoms with Crippen LogP contribution in [0, 0.1) is 0 Å². The van der Waals surface area contributed by atoms with Crippen molar-refractivity contribution in [2.45, 2.75) is 94.9 Å². The van der Waals surface area contributed by atoms with Gasteiger partial charge in [-0.15, -0.1) is 0 Å². The first kappa shape index (κ1) is 44.1. The van der Waals surface area contributed by atoms with Crippen LogP contribution in [-0.2, 0) is 40.0 Å². The molecule has 20 nitrogen and oxygen atoms in total. The number of nitrogens with two attached hydrogens (primary N) is 2. The molecule has 286 valence electrons. The number of phenolic OH excluding ortho intramolecular Hbond substituents is 1. The number of aliphatic carboxylic acids is 1. The average molecular weight is 727 g/mol. The first-order valence-corrected chi connectivity index (χ1v) is 16.1. The number of carboxylic acids is 1. The molecular formula is C31H50N8O12. The molecule has 0 aromatic heterocycles. The van der Waals surface area contributed by atoms with E-state index in [1.54, 1.807) is 0 Å². The third-order valence-electron chi connectivity index (χ3n) is 7.43. The van der Waals surface area contributed by atoms with E-state index in [9.17, 15) is 59.1 Å². The largest absolute Gasteiger partial charge is 0.508 e. The van der Waals surface area contributed by atoms with Crippen molar-refractivity contribution in [3.8, 4) is 5.75 Å². The predicted octanol–water partition coefficient (Wildman–Crippen LogP) is -5.21. The van der Waals surface area contributed by atoms with Crippen LogP contribution in [0.1, 0.15) is 45.6 Å². The Morgan fingerprint density at radius 3 is 1.65 bits per heavy atom. The number of aliphatic hydroxyl groups excluding tert-OH is 3. The number of nitrogens with one attached hydrogen (secondary N) is 6. The molecule has 0 fully saturated rings. The smallest absolute Gasteiger partial charge is 0.326 e. The van der Waals surface area contributed by atoms with E-state index >= 15 is 0 Å². The second-order valence-electron chi connectivity index (χ2n) is 11.8. The van der Waals surface area contributed by atoms with Gasteiger partial charge in [0.1, 0.15) is 42.0 Å². The maximum Gasteiger partial charge on any atom is 0.326 e. The van der Waals surface area contributed by atoms with Crippen molar-refractivity contribution in [3.05, 3.63) is 29.8 Å². The van der Waals surface area contributed by atoms with Crippen LogP contribution in [0.2, 0.25) is 0 Å². The minimum absolute atomic E-state index is 0.0229. The lowest BCUT2D eigenvalue weighted by Gasteiger charge is -2.27. The molecule has 20 heteroatoms. The minimum atomic E-state index is -1.78. The molecule has 0 aliphatic heterocycles. The molecule has 0 radical (unpaired) electrons. The van der Waals surface area contributed by atoms with Crippen LogP contribution in [0.5, 0.6) is 5.75 Å². The van der Waals surface area contributed by atoms with Gasteiger partial charge in [-0.2, -0.15) is 0 Å². The number of phenols is 1. The van der Waals surface area contributed by atoms with Gasteiger partial charge in [-0.25, -0.2) is 4.79 Å². The molecule has 1 aromatic rings. The van der Waals surface area contributed by atoms with Gasteiger partial charge in [0.2, 0.25) is 35.4 Å². The first-order chi connectivity index (χ1) is 23.9. The van der Waals surface area contributed by atoms with Crippen molar-refractivity contribution in [1.29, 1.82) is 0 Å². The van der Waals surface area contributed by atoms with E-state index < -0.39 is 103 Å². The second kappa shape index (κ2) is 22.0. The standard InChI is InChI=1S/C31H50N8O12/c1-15(33)25(44)36-21(12-18-7-9-19(43)10-8-18)27(46)34-16(2)26(45)37-23(14-41)29(48)39-24(17(3)42)30(49)38-22(13-40)28(47)35-20(31(50)51)6-4-5-11-32/h7-10,15-17,20-24,40-43H,4-6,11-14,32-33H2,1-3H3,(H,34,46)(H,35,47)(H,36,44)(H,37,45)(H,38,49)(H,39,48)(H,50,51)/t15-,16-,17+,20-,21-,22-,23-,24-/m0/s1. The number of rotatable bonds is 22. The Morgan fingerprint density at radius 1 is 0.667 bits per heavy atom. The highest BCUT2D eigenvalue weighted by atomic mass is 16.4. The van der Waals surface area contributed by atoms with Crippen molar-refractivity contribution in [2.75, 3.05) is 19.8 Å². The molecule has 1 rings (SSSR count). The lowest BCUT2D eigenvalue weighted by atomic mass is 10.0. The maximum absolute atomic E-state index is 13.1. The van der Waals surface area contributed by atoms with E-state index in [1.807, 2.05) is 0 Å². The van der Waals surface area contributed by atoms with Crippen LogP contribution in [0.3, 0.4) is 0 Å². The van der Waals surface area contributed by atoms with Gasteiger partial charge in [0.15, 0.2) is 0 Å². The summed E-state index contributed by atoms with van der Waals surface area (Å²) < 4.78 is 0. The topological polar surface area (TPSA) is 345 Å². The summed E-state index contributed by atoms with van der Waals surface area (Å²) in [6, 6.07) is -4.22. The summed E-state index contributed by atoms with van der Waals surface area (Å²) >= 11 is 0. The Morgan fingerprint density at radius 2 is 1.16 bits per heavy atom. The molecular weight excluding hydrogens is 676 g/mol. The van der Waals surface area contributed by atoms with E-state index in [1.165, 1.54) is 38.1 Å². The van der Waals surface area contributed by atoms with Crippen molar-refractivity contribution >= 4 is 41.4 Å². The number of aromatic hydroxyl groups is 1. The highest BCUT2D eigenvalue weighted by Gasteiger charge is 2.34. The van der Waals surface area contributed by atoms with Gasteiger partial charge in [-0.05, 0) is 64.3 Å². The number of aliphatic hydroxyl groups is 3. The molecule has 1 aromatic carbocycles. The Kier molecular flexibility index (Phi) is 19.1. The lowest BCUT2D eigenvalue weighted by Crippen LogP contribution is -2.62. The first-order valence-electron chi connectivity index (χ1n) is 16.1. The normalized spacial score (nSPS) is 15.7. The zero-order valence-electron chi connectivity index (χ0n) is 28.6. The van der Waals surface area contributed by atoms with Crippen molar-refractivity contribution in [1.82, 2.24) is 31.9 Å². The fourth-order valence-electron chi connectivity index (χ4n) is 4.39. The molecule has 51 heavy (non-hydrogen) atoms. The zero-order chi connectivity index (χ0) is 38.8. The lowest BCUT2D eigenvalue weighted by molar-refractivity contribution is -0.143. The molecule has 0 saturated heterocycles. The summed E-state index contributed by atoms with van der Waals surface area (Å²) in [4.78, 5) is 88.4. The number of carbonyl (C=O) groups is 7. The van der Waals surface area contributed by atoms with Crippen molar-refractivity contribution in [2.24, 2.45) is 11.5 Å². The van der Waals surface area contributed by atoms with E-state index in [2.05, 4.69) is 31.9 Å². The predicted molar refractivity (Wildman–Crippen MR) is 179 cm³/mol. The summed E-state index contributed by atoms with van der Waals surface area (Å²) in [7, 11) is 0.